The number of imide groups is 2. The lowest BCUT2D eigenvalue weighted by molar-refractivity contribution is -0.140. The van der Waals surface area contributed by atoms with E-state index in [4.69, 9.17) is 9.47 Å². The lowest BCUT2D eigenvalue weighted by Crippen LogP contribution is -2.32. The molecule has 8 nitrogen and oxygen atoms in total. The average molecular weight is 549 g/mol. The van der Waals surface area contributed by atoms with Crippen molar-refractivity contribution in [2.45, 2.75) is 90.3 Å². The second kappa shape index (κ2) is 13.1. The molecule has 2 fully saturated rings. The molecule has 2 aromatic carbocycles. The first-order valence-corrected chi connectivity index (χ1v) is 14.4. The number of hydrogen-bond acceptors (Lipinski definition) is 6. The van der Waals surface area contributed by atoms with Crippen LogP contribution in [0.15, 0.2) is 48.5 Å². The number of unbranched alkanes of at least 4 members (excludes halogenated alkanes) is 3. The Labute approximate surface area is 236 Å². The summed E-state index contributed by atoms with van der Waals surface area (Å²) in [5, 5.41) is 0. The molecule has 2 aliphatic heterocycles. The lowest BCUT2D eigenvalue weighted by Gasteiger charge is -2.17. The maximum atomic E-state index is 12.9. The van der Waals surface area contributed by atoms with Crippen LogP contribution in [0.3, 0.4) is 0 Å². The summed E-state index contributed by atoms with van der Waals surface area (Å²) in [6.45, 7) is 8.60. The van der Waals surface area contributed by atoms with Gasteiger partial charge in [0.2, 0.25) is 23.6 Å². The Balaban J connectivity index is 1.18. The molecular weight excluding hydrogens is 508 g/mol. The van der Waals surface area contributed by atoms with Gasteiger partial charge in [-0.15, -0.1) is 0 Å². The number of amides is 4. The number of ether oxygens (including phenoxy) is 2. The van der Waals surface area contributed by atoms with E-state index in [1.807, 2.05) is 76.2 Å². The molecular formula is C32H40N2O6. The highest BCUT2D eigenvalue weighted by Crippen LogP contribution is 2.32. The van der Waals surface area contributed by atoms with Gasteiger partial charge in [-0.2, -0.15) is 0 Å². The van der Waals surface area contributed by atoms with Gasteiger partial charge in [0.05, 0.1) is 24.0 Å². The fourth-order valence-corrected chi connectivity index (χ4v) is 5.35. The lowest BCUT2D eigenvalue weighted by atomic mass is 9.97. The molecule has 4 rings (SSSR count). The summed E-state index contributed by atoms with van der Waals surface area (Å²) < 4.78 is 11.3. The van der Waals surface area contributed by atoms with Gasteiger partial charge in [-0.05, 0) is 75.9 Å². The van der Waals surface area contributed by atoms with Crippen molar-refractivity contribution in [1.82, 2.24) is 9.80 Å². The van der Waals surface area contributed by atoms with Crippen LogP contribution in [-0.4, -0.2) is 58.7 Å². The summed E-state index contributed by atoms with van der Waals surface area (Å²) in [7, 11) is 0. The van der Waals surface area contributed by atoms with Crippen molar-refractivity contribution in [3.05, 3.63) is 59.7 Å². The van der Waals surface area contributed by atoms with Crippen molar-refractivity contribution in [1.29, 1.82) is 0 Å². The van der Waals surface area contributed by atoms with E-state index < -0.39 is 11.8 Å². The Hall–Kier alpha value is -3.68. The van der Waals surface area contributed by atoms with E-state index in [1.54, 1.807) is 0 Å². The van der Waals surface area contributed by atoms with Crippen molar-refractivity contribution < 1.29 is 28.7 Å². The molecule has 2 aliphatic rings. The highest BCUT2D eigenvalue weighted by Gasteiger charge is 2.40. The number of benzene rings is 2. The number of nitrogens with zero attached hydrogens (tertiary/aromatic N) is 2. The monoisotopic (exact) mass is 548 g/mol. The maximum absolute atomic E-state index is 12.9. The standard InChI is InChI=1S/C32H40N2O6/c1-21(2)39-25-13-9-23(10-14-25)27-19-29(35)33(31(27)37)17-7-5-6-8-18-34-30(36)20-28(32(34)38)24-11-15-26(16-12-24)40-22(3)4/h9-16,21-22,27-28H,5-8,17-20H2,1-4H3. The molecule has 0 aromatic heterocycles. The van der Waals surface area contributed by atoms with Crippen LogP contribution >= 0.6 is 0 Å². The minimum atomic E-state index is -0.445. The number of likely N-dealkylation sites (tertiary alicyclic amines) is 2. The highest BCUT2D eigenvalue weighted by molar-refractivity contribution is 6.06. The zero-order valence-corrected chi connectivity index (χ0v) is 23.9. The summed E-state index contributed by atoms with van der Waals surface area (Å²) in [4.78, 5) is 53.7. The fraction of sp³-hybridized carbons (Fsp3) is 0.500. The molecule has 2 unspecified atom stereocenters. The molecule has 0 N–H and O–H groups in total. The third kappa shape index (κ3) is 7.09. The first-order valence-electron chi connectivity index (χ1n) is 14.4. The second-order valence-electron chi connectivity index (χ2n) is 11.2. The van der Waals surface area contributed by atoms with Crippen molar-refractivity contribution >= 4 is 23.6 Å². The summed E-state index contributed by atoms with van der Waals surface area (Å²) >= 11 is 0. The van der Waals surface area contributed by atoms with Gasteiger partial charge in [0.1, 0.15) is 11.5 Å². The molecule has 0 bridgehead atoms. The van der Waals surface area contributed by atoms with Crippen LogP contribution in [0.25, 0.3) is 0 Å². The van der Waals surface area contributed by atoms with Crippen LogP contribution in [0.4, 0.5) is 0 Å². The molecule has 0 radical (unpaired) electrons. The molecule has 214 valence electrons. The molecule has 4 amide bonds. The van der Waals surface area contributed by atoms with Crippen molar-refractivity contribution in [2.24, 2.45) is 0 Å². The first kappa shape index (κ1) is 29.3. The molecule has 2 saturated heterocycles. The minimum absolute atomic E-state index is 0.0672. The summed E-state index contributed by atoms with van der Waals surface area (Å²) in [5.41, 5.74) is 1.66. The second-order valence-corrected chi connectivity index (χ2v) is 11.2. The summed E-state index contributed by atoms with van der Waals surface area (Å²) in [6, 6.07) is 14.8. The van der Waals surface area contributed by atoms with Gasteiger partial charge >= 0.3 is 0 Å². The Morgan fingerprint density at radius 1 is 0.600 bits per heavy atom. The summed E-state index contributed by atoms with van der Waals surface area (Å²) in [5.74, 6) is 0.0222. The van der Waals surface area contributed by atoms with E-state index >= 15 is 0 Å². The fourth-order valence-electron chi connectivity index (χ4n) is 5.35. The quantitative estimate of drug-likeness (QED) is 0.252. The first-order chi connectivity index (χ1) is 19.1. The zero-order valence-electron chi connectivity index (χ0n) is 23.9. The predicted octanol–water partition coefficient (Wildman–Crippen LogP) is 5.21. The Kier molecular flexibility index (Phi) is 9.61. The molecule has 0 saturated carbocycles. The third-order valence-corrected chi connectivity index (χ3v) is 7.31. The predicted molar refractivity (Wildman–Crippen MR) is 151 cm³/mol. The van der Waals surface area contributed by atoms with Gasteiger partial charge in [0.15, 0.2) is 0 Å². The van der Waals surface area contributed by atoms with Gasteiger partial charge in [0, 0.05) is 25.9 Å². The SMILES string of the molecule is CC(C)Oc1ccc(C2CC(=O)N(CCCCCCN3C(=O)CC(c4ccc(OC(C)C)cc4)C3=O)C2=O)cc1. The van der Waals surface area contributed by atoms with Crippen LogP contribution in [-0.2, 0) is 19.2 Å². The van der Waals surface area contributed by atoms with Crippen LogP contribution < -0.4 is 9.47 Å². The van der Waals surface area contributed by atoms with E-state index in [-0.39, 0.29) is 48.7 Å². The van der Waals surface area contributed by atoms with Crippen molar-refractivity contribution in [2.75, 3.05) is 13.1 Å². The van der Waals surface area contributed by atoms with Crippen LogP contribution in [0.2, 0.25) is 0 Å². The molecule has 2 heterocycles. The van der Waals surface area contributed by atoms with Crippen molar-refractivity contribution in [3.8, 4) is 11.5 Å². The van der Waals surface area contributed by atoms with Gasteiger partial charge in [0.25, 0.3) is 0 Å². The number of carbonyl (C=O) groups excluding carboxylic acids is 4. The summed E-state index contributed by atoms with van der Waals surface area (Å²) in [6.07, 6.45) is 3.52. The highest BCUT2D eigenvalue weighted by atomic mass is 16.5. The third-order valence-electron chi connectivity index (χ3n) is 7.31. The van der Waals surface area contributed by atoms with Crippen LogP contribution in [0.1, 0.15) is 89.2 Å². The van der Waals surface area contributed by atoms with E-state index in [9.17, 15) is 19.2 Å². The van der Waals surface area contributed by atoms with Crippen LogP contribution in [0.5, 0.6) is 11.5 Å². The molecule has 40 heavy (non-hydrogen) atoms. The largest absolute Gasteiger partial charge is 0.491 e. The average Bonchev–Trinajstić information content (AvgIpc) is 3.35. The molecule has 0 aliphatic carbocycles. The smallest absolute Gasteiger partial charge is 0.237 e. The Morgan fingerprint density at radius 3 is 1.27 bits per heavy atom. The molecule has 0 spiro atoms. The Bertz CT molecular complexity index is 1110. The van der Waals surface area contributed by atoms with Crippen molar-refractivity contribution in [3.63, 3.8) is 0 Å². The maximum Gasteiger partial charge on any atom is 0.237 e. The molecule has 2 aromatic rings. The van der Waals surface area contributed by atoms with E-state index in [1.165, 1.54) is 9.80 Å². The van der Waals surface area contributed by atoms with E-state index in [0.29, 0.717) is 25.9 Å². The number of hydrogen-bond donors (Lipinski definition) is 0. The normalized spacial score (nSPS) is 19.4. The van der Waals surface area contributed by atoms with E-state index in [2.05, 4.69) is 0 Å². The van der Waals surface area contributed by atoms with Gasteiger partial charge in [-0.1, -0.05) is 37.1 Å². The number of carbonyl (C=O) groups is 4. The van der Waals surface area contributed by atoms with Gasteiger partial charge in [-0.25, -0.2) is 0 Å². The van der Waals surface area contributed by atoms with Gasteiger partial charge in [-0.3, -0.25) is 29.0 Å². The van der Waals surface area contributed by atoms with E-state index in [0.717, 1.165) is 35.5 Å². The van der Waals surface area contributed by atoms with Gasteiger partial charge < -0.3 is 9.47 Å². The molecule has 8 heteroatoms. The molecule has 2 atom stereocenters. The minimum Gasteiger partial charge on any atom is -0.491 e. The Morgan fingerprint density at radius 2 is 0.950 bits per heavy atom. The van der Waals surface area contributed by atoms with Crippen LogP contribution in [0, 0.1) is 0 Å². The number of rotatable bonds is 13. The zero-order chi connectivity index (χ0) is 28.8. The topological polar surface area (TPSA) is 93.2 Å².